The number of anilines is 3. The smallest absolute Gasteiger partial charge is 0.311 e. The summed E-state index contributed by atoms with van der Waals surface area (Å²) >= 11 is 1.51. The zero-order valence-corrected chi connectivity index (χ0v) is 11.3. The molecule has 0 saturated heterocycles. The van der Waals surface area contributed by atoms with Crippen molar-refractivity contribution in [3.8, 4) is 0 Å². The first-order valence-corrected chi connectivity index (χ1v) is 6.47. The first kappa shape index (κ1) is 13.2. The Balaban J connectivity index is 2.23. The van der Waals surface area contributed by atoms with Crippen LogP contribution in [-0.2, 0) is 6.42 Å². The molecule has 100 valence electrons. The lowest BCUT2D eigenvalue weighted by atomic mass is 10.3. The predicted molar refractivity (Wildman–Crippen MR) is 74.8 cm³/mol. The largest absolute Gasteiger partial charge is 0.378 e. The van der Waals surface area contributed by atoms with Crippen molar-refractivity contribution in [1.29, 1.82) is 0 Å². The van der Waals surface area contributed by atoms with Gasteiger partial charge >= 0.3 is 5.69 Å². The summed E-state index contributed by atoms with van der Waals surface area (Å²) in [6.07, 6.45) is 0.861. The fourth-order valence-electron chi connectivity index (χ4n) is 1.61. The van der Waals surface area contributed by atoms with Gasteiger partial charge in [0.1, 0.15) is 5.82 Å². The van der Waals surface area contributed by atoms with Crippen LogP contribution >= 0.6 is 11.3 Å². The molecular formula is C11H13N5O2S. The molecule has 0 spiro atoms. The average molecular weight is 279 g/mol. The van der Waals surface area contributed by atoms with Gasteiger partial charge in [-0.25, -0.2) is 9.97 Å². The Kier molecular flexibility index (Phi) is 3.61. The van der Waals surface area contributed by atoms with Gasteiger partial charge in [0.2, 0.25) is 5.82 Å². The van der Waals surface area contributed by atoms with E-state index in [0.717, 1.165) is 17.0 Å². The minimum atomic E-state index is -0.561. The summed E-state index contributed by atoms with van der Waals surface area (Å²) in [5.41, 5.74) is 6.36. The van der Waals surface area contributed by atoms with Crippen molar-refractivity contribution in [1.82, 2.24) is 9.97 Å². The van der Waals surface area contributed by atoms with E-state index in [0.29, 0.717) is 10.9 Å². The summed E-state index contributed by atoms with van der Waals surface area (Å²) in [5, 5.41) is 14.3. The number of thiazole rings is 1. The van der Waals surface area contributed by atoms with Crippen LogP contribution in [0, 0.1) is 17.0 Å². The van der Waals surface area contributed by atoms with E-state index in [9.17, 15) is 10.1 Å². The lowest BCUT2D eigenvalue weighted by Crippen LogP contribution is -2.01. The fourth-order valence-corrected chi connectivity index (χ4v) is 2.52. The Bertz CT molecular complexity index is 626. The molecule has 0 amide bonds. The lowest BCUT2D eigenvalue weighted by molar-refractivity contribution is -0.384. The van der Waals surface area contributed by atoms with Crippen LogP contribution in [0.2, 0.25) is 0 Å². The van der Waals surface area contributed by atoms with Crippen molar-refractivity contribution < 1.29 is 4.92 Å². The monoisotopic (exact) mass is 279 g/mol. The van der Waals surface area contributed by atoms with E-state index in [1.807, 2.05) is 13.8 Å². The zero-order valence-electron chi connectivity index (χ0n) is 10.5. The van der Waals surface area contributed by atoms with Gasteiger partial charge in [0.25, 0.3) is 0 Å². The molecule has 2 rings (SSSR count). The van der Waals surface area contributed by atoms with E-state index < -0.39 is 4.92 Å². The number of nitrogen functional groups attached to an aromatic ring is 1. The molecule has 0 saturated carbocycles. The Morgan fingerprint density at radius 2 is 2.21 bits per heavy atom. The van der Waals surface area contributed by atoms with Crippen LogP contribution in [0.1, 0.15) is 17.5 Å². The van der Waals surface area contributed by atoms with E-state index >= 15 is 0 Å². The topological polar surface area (TPSA) is 107 Å². The molecule has 0 bridgehead atoms. The van der Waals surface area contributed by atoms with Crippen molar-refractivity contribution in [3.63, 3.8) is 0 Å². The van der Waals surface area contributed by atoms with Crippen molar-refractivity contribution in [2.45, 2.75) is 20.3 Å². The van der Waals surface area contributed by atoms with Gasteiger partial charge in [-0.05, 0) is 19.4 Å². The van der Waals surface area contributed by atoms with Gasteiger partial charge in [0.15, 0.2) is 5.13 Å². The molecule has 8 heteroatoms. The van der Waals surface area contributed by atoms with Crippen LogP contribution in [-0.4, -0.2) is 14.9 Å². The number of hydrogen-bond acceptors (Lipinski definition) is 7. The van der Waals surface area contributed by atoms with Crippen LogP contribution < -0.4 is 11.1 Å². The van der Waals surface area contributed by atoms with E-state index in [1.165, 1.54) is 23.5 Å². The SMILES string of the molecule is CCc1nc(Nc2ccc([N+](=O)[O-])c(N)n2)sc1C. The maximum absolute atomic E-state index is 10.6. The fraction of sp³-hybridized carbons (Fsp3) is 0.273. The quantitative estimate of drug-likeness (QED) is 0.658. The molecule has 0 radical (unpaired) electrons. The van der Waals surface area contributed by atoms with Crippen LogP contribution in [0.15, 0.2) is 12.1 Å². The van der Waals surface area contributed by atoms with E-state index in [4.69, 9.17) is 5.73 Å². The highest BCUT2D eigenvalue weighted by Gasteiger charge is 2.13. The van der Waals surface area contributed by atoms with Crippen LogP contribution in [0.25, 0.3) is 0 Å². The molecule has 2 heterocycles. The first-order chi connectivity index (χ1) is 9.01. The third-order valence-electron chi connectivity index (χ3n) is 2.56. The molecule has 0 atom stereocenters. The molecule has 0 aromatic carbocycles. The molecule has 0 unspecified atom stereocenters. The van der Waals surface area contributed by atoms with Crippen molar-refractivity contribution in [3.05, 3.63) is 32.8 Å². The highest BCUT2D eigenvalue weighted by molar-refractivity contribution is 7.15. The van der Waals surface area contributed by atoms with Crippen LogP contribution in [0.5, 0.6) is 0 Å². The van der Waals surface area contributed by atoms with Gasteiger partial charge in [-0.2, -0.15) is 0 Å². The number of rotatable bonds is 4. The number of hydrogen-bond donors (Lipinski definition) is 2. The summed E-state index contributed by atoms with van der Waals surface area (Å²) < 4.78 is 0. The third-order valence-corrected chi connectivity index (χ3v) is 3.49. The van der Waals surface area contributed by atoms with Gasteiger partial charge in [-0.1, -0.05) is 6.92 Å². The molecule has 0 aliphatic carbocycles. The van der Waals surface area contributed by atoms with Crippen molar-refractivity contribution in [2.24, 2.45) is 0 Å². The average Bonchev–Trinajstić information content (AvgIpc) is 2.69. The minimum Gasteiger partial charge on any atom is -0.378 e. The standard InChI is InChI=1S/C11H13N5O2S/c1-3-7-6(2)19-11(13-7)15-9-5-4-8(16(17)18)10(12)14-9/h4-5H,3H2,1-2H3,(H3,12,13,14,15). The zero-order chi connectivity index (χ0) is 14.0. The Morgan fingerprint density at radius 1 is 1.47 bits per heavy atom. The summed E-state index contributed by atoms with van der Waals surface area (Å²) in [4.78, 5) is 19.6. The second-order valence-electron chi connectivity index (χ2n) is 3.86. The Hall–Kier alpha value is -2.22. The van der Waals surface area contributed by atoms with E-state index in [1.54, 1.807) is 0 Å². The van der Waals surface area contributed by atoms with Crippen molar-refractivity contribution >= 4 is 33.8 Å². The molecular weight excluding hydrogens is 266 g/mol. The molecule has 7 nitrogen and oxygen atoms in total. The van der Waals surface area contributed by atoms with Crippen LogP contribution in [0.4, 0.5) is 22.5 Å². The molecule has 0 aliphatic rings. The molecule has 0 aliphatic heterocycles. The molecule has 0 fully saturated rings. The van der Waals surface area contributed by atoms with Gasteiger partial charge in [-0.3, -0.25) is 10.1 Å². The third kappa shape index (κ3) is 2.79. The summed E-state index contributed by atoms with van der Waals surface area (Å²) in [6, 6.07) is 2.84. The maximum atomic E-state index is 10.6. The summed E-state index contributed by atoms with van der Waals surface area (Å²) in [7, 11) is 0. The Morgan fingerprint density at radius 3 is 2.74 bits per heavy atom. The number of aryl methyl sites for hydroxylation is 2. The number of pyridine rings is 1. The minimum absolute atomic E-state index is 0.112. The number of nitrogens with one attached hydrogen (secondary N) is 1. The summed E-state index contributed by atoms with van der Waals surface area (Å²) in [6.45, 7) is 4.03. The number of aromatic nitrogens is 2. The predicted octanol–water partition coefficient (Wildman–Crippen LogP) is 2.64. The number of nitrogens with zero attached hydrogens (tertiary/aromatic N) is 3. The Labute approximate surface area is 113 Å². The highest BCUT2D eigenvalue weighted by atomic mass is 32.1. The van der Waals surface area contributed by atoms with Gasteiger partial charge in [-0.15, -0.1) is 11.3 Å². The van der Waals surface area contributed by atoms with Gasteiger partial charge in [0.05, 0.1) is 10.6 Å². The van der Waals surface area contributed by atoms with Gasteiger partial charge in [0, 0.05) is 10.9 Å². The van der Waals surface area contributed by atoms with E-state index in [2.05, 4.69) is 15.3 Å². The molecule has 19 heavy (non-hydrogen) atoms. The summed E-state index contributed by atoms with van der Waals surface area (Å²) in [5.74, 6) is 0.332. The second-order valence-corrected chi connectivity index (χ2v) is 5.06. The maximum Gasteiger partial charge on any atom is 0.311 e. The number of nitrogens with two attached hydrogens (primary N) is 1. The van der Waals surface area contributed by atoms with E-state index in [-0.39, 0.29) is 11.5 Å². The molecule has 2 aromatic heterocycles. The van der Waals surface area contributed by atoms with Crippen molar-refractivity contribution in [2.75, 3.05) is 11.1 Å². The normalized spacial score (nSPS) is 10.4. The molecule has 2 aromatic rings. The number of nitro groups is 1. The van der Waals surface area contributed by atoms with Crippen LogP contribution in [0.3, 0.4) is 0 Å². The lowest BCUT2D eigenvalue weighted by Gasteiger charge is -2.02. The first-order valence-electron chi connectivity index (χ1n) is 5.65. The molecule has 3 N–H and O–H groups in total. The second kappa shape index (κ2) is 5.19. The highest BCUT2D eigenvalue weighted by Crippen LogP contribution is 2.27. The van der Waals surface area contributed by atoms with Gasteiger partial charge < -0.3 is 11.1 Å².